The first-order chi connectivity index (χ1) is 8.86. The summed E-state index contributed by atoms with van der Waals surface area (Å²) in [5, 5.41) is 0. The summed E-state index contributed by atoms with van der Waals surface area (Å²) in [6.07, 6.45) is -3.62. The Morgan fingerprint density at radius 2 is 1.89 bits per heavy atom. The summed E-state index contributed by atoms with van der Waals surface area (Å²) in [5.74, 6) is -0.268. The molecule has 2 aromatic rings. The van der Waals surface area contributed by atoms with Crippen molar-refractivity contribution in [2.24, 2.45) is 0 Å². The minimum absolute atomic E-state index is 0.165. The van der Waals surface area contributed by atoms with E-state index in [9.17, 15) is 17.6 Å². The molecule has 0 unspecified atom stereocenters. The molecule has 0 aliphatic rings. The molecule has 1 aromatic heterocycles. The van der Waals surface area contributed by atoms with Crippen LogP contribution >= 0.6 is 0 Å². The monoisotopic (exact) mass is 272 g/mol. The van der Waals surface area contributed by atoms with Crippen LogP contribution in [-0.2, 0) is 6.18 Å². The van der Waals surface area contributed by atoms with Crippen molar-refractivity contribution in [3.05, 3.63) is 47.5 Å². The third-order valence-corrected chi connectivity index (χ3v) is 2.26. The summed E-state index contributed by atoms with van der Waals surface area (Å²) >= 11 is 0. The number of halogens is 4. The Balaban J connectivity index is 2.26. The lowest BCUT2D eigenvalue weighted by Gasteiger charge is -2.08. The highest BCUT2D eigenvalue weighted by molar-refractivity contribution is 5.30. The van der Waals surface area contributed by atoms with Crippen molar-refractivity contribution >= 4 is 0 Å². The Labute approximate surface area is 105 Å². The number of hydrogen-bond donors (Lipinski definition) is 0. The van der Waals surface area contributed by atoms with Crippen LogP contribution in [0, 0.1) is 12.7 Å². The van der Waals surface area contributed by atoms with E-state index < -0.39 is 23.7 Å². The van der Waals surface area contributed by atoms with Gasteiger partial charge < -0.3 is 4.74 Å². The van der Waals surface area contributed by atoms with Crippen molar-refractivity contribution in [2.45, 2.75) is 13.1 Å². The van der Waals surface area contributed by atoms with Crippen LogP contribution in [-0.4, -0.2) is 9.97 Å². The van der Waals surface area contributed by atoms with Crippen molar-refractivity contribution in [1.82, 2.24) is 9.97 Å². The molecule has 0 atom stereocenters. The second-order valence-electron chi connectivity index (χ2n) is 3.74. The molecule has 3 nitrogen and oxygen atoms in total. The van der Waals surface area contributed by atoms with Gasteiger partial charge in [0.1, 0.15) is 11.6 Å². The van der Waals surface area contributed by atoms with E-state index in [4.69, 9.17) is 4.74 Å². The number of alkyl halides is 3. The van der Waals surface area contributed by atoms with Gasteiger partial charge in [-0.25, -0.2) is 9.37 Å². The van der Waals surface area contributed by atoms with Gasteiger partial charge in [-0.05, 0) is 36.8 Å². The molecule has 0 amide bonds. The van der Waals surface area contributed by atoms with E-state index in [0.717, 1.165) is 18.3 Å². The van der Waals surface area contributed by atoms with Crippen molar-refractivity contribution in [1.29, 1.82) is 0 Å². The zero-order chi connectivity index (χ0) is 14.0. The van der Waals surface area contributed by atoms with Crippen LogP contribution in [0.1, 0.15) is 11.3 Å². The van der Waals surface area contributed by atoms with Gasteiger partial charge in [0.15, 0.2) is 5.69 Å². The summed E-state index contributed by atoms with van der Waals surface area (Å²) in [4.78, 5) is 6.81. The van der Waals surface area contributed by atoms with Crippen LogP contribution in [0.25, 0.3) is 0 Å². The highest BCUT2D eigenvalue weighted by Crippen LogP contribution is 2.29. The summed E-state index contributed by atoms with van der Waals surface area (Å²) in [7, 11) is 0. The molecule has 0 saturated heterocycles. The van der Waals surface area contributed by atoms with E-state index >= 15 is 0 Å². The highest BCUT2D eigenvalue weighted by atomic mass is 19.4. The van der Waals surface area contributed by atoms with Gasteiger partial charge in [-0.15, -0.1) is 0 Å². The van der Waals surface area contributed by atoms with E-state index in [-0.39, 0.29) is 5.75 Å². The molecule has 0 N–H and O–H groups in total. The fraction of sp³-hybridized carbons (Fsp3) is 0.167. The smallest absolute Gasteiger partial charge is 0.424 e. The van der Waals surface area contributed by atoms with Crippen LogP contribution in [0.2, 0.25) is 0 Å². The molecule has 0 aliphatic carbocycles. The normalized spacial score (nSPS) is 11.4. The Bertz CT molecular complexity index is 599. The third kappa shape index (κ3) is 3.18. The van der Waals surface area contributed by atoms with Gasteiger partial charge in [-0.2, -0.15) is 18.2 Å². The van der Waals surface area contributed by atoms with Gasteiger partial charge in [-0.1, -0.05) is 0 Å². The molecule has 0 bridgehead atoms. The molecule has 1 heterocycles. The largest absolute Gasteiger partial charge is 0.433 e. The number of nitrogens with zero attached hydrogens (tertiary/aromatic N) is 2. The summed E-state index contributed by atoms with van der Waals surface area (Å²) in [5.41, 5.74) is -0.791. The van der Waals surface area contributed by atoms with Crippen molar-refractivity contribution in [3.8, 4) is 11.8 Å². The number of benzene rings is 1. The molecule has 0 saturated carbocycles. The molecule has 0 spiro atoms. The number of aryl methyl sites for hydroxylation is 1. The Morgan fingerprint density at radius 1 is 1.16 bits per heavy atom. The van der Waals surface area contributed by atoms with Gasteiger partial charge in [0.05, 0.1) is 0 Å². The molecular weight excluding hydrogens is 264 g/mol. The van der Waals surface area contributed by atoms with Crippen molar-refractivity contribution < 1.29 is 22.3 Å². The topological polar surface area (TPSA) is 35.0 Å². The fourth-order valence-electron chi connectivity index (χ4n) is 1.33. The molecule has 2 rings (SSSR count). The SMILES string of the molecule is Cc1cc(Oc2nccc(C(F)(F)F)n2)ccc1F. The fourth-order valence-corrected chi connectivity index (χ4v) is 1.33. The van der Waals surface area contributed by atoms with E-state index in [1.807, 2.05) is 0 Å². The molecule has 0 fully saturated rings. The Kier molecular flexibility index (Phi) is 3.37. The molecule has 7 heteroatoms. The average molecular weight is 272 g/mol. The minimum Gasteiger partial charge on any atom is -0.424 e. The van der Waals surface area contributed by atoms with E-state index in [2.05, 4.69) is 9.97 Å². The van der Waals surface area contributed by atoms with E-state index in [1.54, 1.807) is 0 Å². The molecule has 0 radical (unpaired) electrons. The van der Waals surface area contributed by atoms with Crippen LogP contribution in [0.5, 0.6) is 11.8 Å². The summed E-state index contributed by atoms with van der Waals surface area (Å²) in [6.45, 7) is 1.51. The maximum atomic E-state index is 13.0. The summed E-state index contributed by atoms with van der Waals surface area (Å²) in [6, 6.07) is 4.08. The third-order valence-electron chi connectivity index (χ3n) is 2.26. The molecule has 1 aromatic carbocycles. The van der Waals surface area contributed by atoms with E-state index in [1.165, 1.54) is 19.1 Å². The first kappa shape index (κ1) is 13.3. The van der Waals surface area contributed by atoms with Crippen molar-refractivity contribution in [2.75, 3.05) is 0 Å². The number of hydrogen-bond acceptors (Lipinski definition) is 3. The molecule has 0 aliphatic heterocycles. The molecule has 19 heavy (non-hydrogen) atoms. The Morgan fingerprint density at radius 3 is 2.53 bits per heavy atom. The van der Waals surface area contributed by atoms with Crippen LogP contribution in [0.15, 0.2) is 30.5 Å². The quantitative estimate of drug-likeness (QED) is 0.781. The van der Waals surface area contributed by atoms with E-state index in [0.29, 0.717) is 5.56 Å². The predicted molar refractivity (Wildman–Crippen MR) is 58.2 cm³/mol. The Hall–Kier alpha value is -2.18. The second kappa shape index (κ2) is 4.83. The number of ether oxygens (including phenoxy) is 1. The minimum atomic E-state index is -4.57. The lowest BCUT2D eigenvalue weighted by Crippen LogP contribution is -2.08. The zero-order valence-corrected chi connectivity index (χ0v) is 9.70. The number of aromatic nitrogens is 2. The maximum absolute atomic E-state index is 13.0. The number of rotatable bonds is 2. The van der Waals surface area contributed by atoms with Crippen LogP contribution < -0.4 is 4.74 Å². The summed E-state index contributed by atoms with van der Waals surface area (Å²) < 4.78 is 55.4. The zero-order valence-electron chi connectivity index (χ0n) is 9.70. The first-order valence-corrected chi connectivity index (χ1v) is 5.20. The average Bonchev–Trinajstić information content (AvgIpc) is 2.33. The first-order valence-electron chi connectivity index (χ1n) is 5.20. The second-order valence-corrected chi connectivity index (χ2v) is 3.74. The lowest BCUT2D eigenvalue weighted by molar-refractivity contribution is -0.141. The van der Waals surface area contributed by atoms with Gasteiger partial charge in [0.2, 0.25) is 0 Å². The predicted octanol–water partition coefficient (Wildman–Crippen LogP) is 3.74. The van der Waals surface area contributed by atoms with Gasteiger partial charge in [0.25, 0.3) is 0 Å². The van der Waals surface area contributed by atoms with Crippen LogP contribution in [0.4, 0.5) is 17.6 Å². The maximum Gasteiger partial charge on any atom is 0.433 e. The van der Waals surface area contributed by atoms with Crippen LogP contribution in [0.3, 0.4) is 0 Å². The molecular formula is C12H8F4N2O. The van der Waals surface area contributed by atoms with Crippen molar-refractivity contribution in [3.63, 3.8) is 0 Å². The molecule has 100 valence electrons. The standard InChI is InChI=1S/C12H8F4N2O/c1-7-6-8(2-3-9(7)13)19-11-17-5-4-10(18-11)12(14,15)16/h2-6H,1H3. The van der Waals surface area contributed by atoms with Gasteiger partial charge >= 0.3 is 12.2 Å². The van der Waals surface area contributed by atoms with Gasteiger partial charge in [0, 0.05) is 6.20 Å². The highest BCUT2D eigenvalue weighted by Gasteiger charge is 2.33. The van der Waals surface area contributed by atoms with Gasteiger partial charge in [-0.3, -0.25) is 0 Å². The lowest BCUT2D eigenvalue weighted by atomic mass is 10.2.